The molecule has 1 aromatic carbocycles. The highest BCUT2D eigenvalue weighted by atomic mass is 17.0. The second kappa shape index (κ2) is 6.37. The Kier molecular flexibility index (Phi) is 4.99. The lowest BCUT2D eigenvalue weighted by Crippen LogP contribution is -2.30. The molecule has 1 aromatic rings. The van der Waals surface area contributed by atoms with Crippen molar-refractivity contribution in [2.45, 2.75) is 13.8 Å². The minimum absolute atomic E-state index is 0.555. The molecule has 0 saturated carbocycles. The van der Waals surface area contributed by atoms with Crippen molar-refractivity contribution in [1.82, 2.24) is 5.34 Å². The minimum Gasteiger partial charge on any atom is -0.272 e. The zero-order valence-electron chi connectivity index (χ0n) is 8.56. The molecule has 0 aliphatic rings. The molecule has 0 bridgehead atoms. The quantitative estimate of drug-likeness (QED) is 0.707. The molecule has 0 radical (unpaired) electrons. The summed E-state index contributed by atoms with van der Waals surface area (Å²) in [6.45, 7) is 4.91. The van der Waals surface area contributed by atoms with Gasteiger partial charge in [0.2, 0.25) is 0 Å². The third-order valence-electron chi connectivity index (χ3n) is 1.49. The van der Waals surface area contributed by atoms with Gasteiger partial charge in [-0.1, -0.05) is 18.2 Å². The highest BCUT2D eigenvalue weighted by Crippen LogP contribution is 2.07. The van der Waals surface area contributed by atoms with Gasteiger partial charge in [0.15, 0.2) is 0 Å². The van der Waals surface area contributed by atoms with Crippen molar-refractivity contribution in [2.24, 2.45) is 0 Å². The summed E-state index contributed by atoms with van der Waals surface area (Å²) in [5.74, 6) is 0. The summed E-state index contributed by atoms with van der Waals surface area (Å²) in [5.41, 5.74) is 3.90. The van der Waals surface area contributed by atoms with E-state index in [1.165, 1.54) is 5.34 Å². The topological polar surface area (TPSA) is 33.7 Å². The number of hydrazine groups is 1. The third-order valence-corrected chi connectivity index (χ3v) is 1.49. The van der Waals surface area contributed by atoms with Crippen LogP contribution in [0.5, 0.6) is 0 Å². The van der Waals surface area contributed by atoms with E-state index in [9.17, 15) is 0 Å². The van der Waals surface area contributed by atoms with E-state index >= 15 is 0 Å². The zero-order chi connectivity index (χ0) is 10.2. The fraction of sp³-hybridized carbons (Fsp3) is 0.400. The van der Waals surface area contributed by atoms with Gasteiger partial charge < -0.3 is 0 Å². The first-order chi connectivity index (χ1) is 6.86. The van der Waals surface area contributed by atoms with E-state index in [0.717, 1.165) is 5.69 Å². The molecule has 0 unspecified atom stereocenters. The van der Waals surface area contributed by atoms with E-state index in [0.29, 0.717) is 13.2 Å². The molecule has 0 aliphatic carbocycles. The predicted octanol–water partition coefficient (Wildman–Crippen LogP) is 2.22. The molecule has 0 amide bonds. The van der Waals surface area contributed by atoms with Crippen molar-refractivity contribution in [3.05, 3.63) is 30.3 Å². The second-order valence-corrected chi connectivity index (χ2v) is 2.57. The van der Waals surface area contributed by atoms with Crippen LogP contribution < -0.4 is 5.43 Å². The molecule has 4 nitrogen and oxygen atoms in total. The maximum absolute atomic E-state index is 5.19. The summed E-state index contributed by atoms with van der Waals surface area (Å²) >= 11 is 0. The number of hydrogen-bond donors (Lipinski definition) is 1. The summed E-state index contributed by atoms with van der Waals surface area (Å²) < 4.78 is 0. The van der Waals surface area contributed by atoms with Crippen LogP contribution in [-0.2, 0) is 9.68 Å². The Morgan fingerprint density at radius 2 is 1.64 bits per heavy atom. The van der Waals surface area contributed by atoms with E-state index < -0.39 is 0 Å². The van der Waals surface area contributed by atoms with Gasteiger partial charge in [0.25, 0.3) is 0 Å². The van der Waals surface area contributed by atoms with Crippen molar-refractivity contribution in [1.29, 1.82) is 0 Å². The van der Waals surface area contributed by atoms with E-state index in [1.807, 2.05) is 44.2 Å². The van der Waals surface area contributed by atoms with Crippen LogP contribution >= 0.6 is 0 Å². The summed E-state index contributed by atoms with van der Waals surface area (Å²) in [6, 6.07) is 9.71. The molecule has 1 N–H and O–H groups in total. The summed E-state index contributed by atoms with van der Waals surface area (Å²) in [5, 5.41) is 1.27. The van der Waals surface area contributed by atoms with E-state index in [1.54, 1.807) is 0 Å². The number of nitrogens with one attached hydrogen (secondary N) is 1. The zero-order valence-corrected chi connectivity index (χ0v) is 8.56. The fourth-order valence-electron chi connectivity index (χ4n) is 0.954. The number of nitrogens with zero attached hydrogens (tertiary/aromatic N) is 1. The van der Waals surface area contributed by atoms with Crippen molar-refractivity contribution < 1.29 is 9.68 Å². The van der Waals surface area contributed by atoms with Gasteiger partial charge in [-0.3, -0.25) is 15.1 Å². The molecular formula is C10H16N2O2. The van der Waals surface area contributed by atoms with Gasteiger partial charge in [-0.05, 0) is 26.0 Å². The van der Waals surface area contributed by atoms with Crippen LogP contribution in [0.15, 0.2) is 30.3 Å². The van der Waals surface area contributed by atoms with E-state index in [4.69, 9.17) is 9.68 Å². The monoisotopic (exact) mass is 196 g/mol. The van der Waals surface area contributed by atoms with Crippen LogP contribution in [0.2, 0.25) is 0 Å². The maximum Gasteiger partial charge on any atom is 0.0702 e. The van der Waals surface area contributed by atoms with Gasteiger partial charge in [-0.2, -0.15) is 0 Å². The van der Waals surface area contributed by atoms with Crippen molar-refractivity contribution in [3.63, 3.8) is 0 Å². The number of rotatable bonds is 6. The highest BCUT2D eigenvalue weighted by molar-refractivity contribution is 5.40. The van der Waals surface area contributed by atoms with Crippen molar-refractivity contribution in [3.8, 4) is 0 Å². The van der Waals surface area contributed by atoms with Crippen LogP contribution in [0.3, 0.4) is 0 Å². The summed E-state index contributed by atoms with van der Waals surface area (Å²) in [7, 11) is 0. The third kappa shape index (κ3) is 3.74. The normalized spacial score (nSPS) is 10.5. The molecule has 0 aromatic heterocycles. The van der Waals surface area contributed by atoms with Gasteiger partial charge >= 0.3 is 0 Å². The number of benzene rings is 1. The molecule has 0 fully saturated rings. The van der Waals surface area contributed by atoms with Crippen molar-refractivity contribution >= 4 is 5.69 Å². The lowest BCUT2D eigenvalue weighted by atomic mass is 10.3. The molecule has 1 rings (SSSR count). The Morgan fingerprint density at radius 1 is 1.07 bits per heavy atom. The first-order valence-electron chi connectivity index (χ1n) is 4.74. The van der Waals surface area contributed by atoms with Gasteiger partial charge in [0.05, 0.1) is 18.9 Å². The summed E-state index contributed by atoms with van der Waals surface area (Å²) in [4.78, 5) is 10.4. The number of anilines is 1. The van der Waals surface area contributed by atoms with Crippen molar-refractivity contribution in [2.75, 3.05) is 18.6 Å². The van der Waals surface area contributed by atoms with Crippen LogP contribution in [0.4, 0.5) is 5.69 Å². The van der Waals surface area contributed by atoms with Crippen LogP contribution in [0.1, 0.15) is 13.8 Å². The van der Waals surface area contributed by atoms with Crippen LogP contribution in [-0.4, -0.2) is 18.5 Å². The molecular weight excluding hydrogens is 180 g/mol. The molecule has 0 aliphatic heterocycles. The lowest BCUT2D eigenvalue weighted by Gasteiger charge is -2.20. The SMILES string of the molecule is CCON(Nc1ccccc1)OCC. The molecule has 14 heavy (non-hydrogen) atoms. The fourth-order valence-corrected chi connectivity index (χ4v) is 0.954. The van der Waals surface area contributed by atoms with Gasteiger partial charge in [-0.25, -0.2) is 0 Å². The molecule has 0 saturated heterocycles. The average Bonchev–Trinajstić information content (AvgIpc) is 2.20. The Balaban J connectivity index is 2.46. The molecule has 78 valence electrons. The largest absolute Gasteiger partial charge is 0.272 e. The smallest absolute Gasteiger partial charge is 0.0702 e. The number of para-hydroxylation sites is 1. The van der Waals surface area contributed by atoms with Gasteiger partial charge in [0.1, 0.15) is 0 Å². The Hall–Kier alpha value is -1.10. The predicted molar refractivity (Wildman–Crippen MR) is 55.2 cm³/mol. The summed E-state index contributed by atoms with van der Waals surface area (Å²) in [6.07, 6.45) is 0. The molecule has 0 spiro atoms. The highest BCUT2D eigenvalue weighted by Gasteiger charge is 2.02. The van der Waals surface area contributed by atoms with Gasteiger partial charge in [-0.15, -0.1) is 0 Å². The van der Waals surface area contributed by atoms with Crippen LogP contribution in [0.25, 0.3) is 0 Å². The first kappa shape index (κ1) is 11.0. The average molecular weight is 196 g/mol. The van der Waals surface area contributed by atoms with Crippen LogP contribution in [0, 0.1) is 0 Å². The Morgan fingerprint density at radius 3 is 2.14 bits per heavy atom. The minimum atomic E-state index is 0.555. The maximum atomic E-state index is 5.19. The molecule has 4 heteroatoms. The lowest BCUT2D eigenvalue weighted by molar-refractivity contribution is -0.349. The first-order valence-corrected chi connectivity index (χ1v) is 4.74. The standard InChI is InChI=1S/C10H16N2O2/c1-3-13-12(14-4-2)11-10-8-6-5-7-9-10/h5-9,11H,3-4H2,1-2H3. The second-order valence-electron chi connectivity index (χ2n) is 2.57. The Labute approximate surface area is 84.3 Å². The molecule has 0 heterocycles. The number of hydrogen-bond acceptors (Lipinski definition) is 4. The van der Waals surface area contributed by atoms with E-state index in [2.05, 4.69) is 5.43 Å². The molecule has 0 atom stereocenters. The van der Waals surface area contributed by atoms with Gasteiger partial charge in [0, 0.05) is 5.34 Å². The Bertz CT molecular complexity index is 235. The van der Waals surface area contributed by atoms with E-state index in [-0.39, 0.29) is 0 Å².